The van der Waals surface area contributed by atoms with E-state index >= 15 is 0 Å². The number of rotatable bonds is 4. The van der Waals surface area contributed by atoms with Gasteiger partial charge in [-0.3, -0.25) is 0 Å². The van der Waals surface area contributed by atoms with Crippen LogP contribution in [-0.2, 0) is 4.74 Å². The Bertz CT molecular complexity index is 783. The molecule has 0 aliphatic heterocycles. The van der Waals surface area contributed by atoms with Crippen molar-refractivity contribution in [3.05, 3.63) is 59.2 Å². The van der Waals surface area contributed by atoms with E-state index in [4.69, 9.17) is 14.2 Å². The number of benzene rings is 2. The molecular weight excluding hydrogens is 326 g/mol. The summed E-state index contributed by atoms with van der Waals surface area (Å²) in [5, 5.41) is 0. The van der Waals surface area contributed by atoms with Gasteiger partial charge < -0.3 is 14.2 Å². The molecule has 0 aromatic heterocycles. The van der Waals surface area contributed by atoms with Crippen molar-refractivity contribution >= 4 is 0 Å². The summed E-state index contributed by atoms with van der Waals surface area (Å²) < 4.78 is 41.6. The lowest BCUT2D eigenvalue weighted by Crippen LogP contribution is -1.93. The van der Waals surface area contributed by atoms with Crippen molar-refractivity contribution in [2.45, 2.75) is 0 Å². The fourth-order valence-electron chi connectivity index (χ4n) is 1.95. The van der Waals surface area contributed by atoms with Gasteiger partial charge in [0, 0.05) is 12.1 Å². The van der Waals surface area contributed by atoms with Crippen molar-refractivity contribution in [3.8, 4) is 35.2 Å². The zero-order valence-electron chi connectivity index (χ0n) is 13.9. The zero-order valence-corrected chi connectivity index (χ0v) is 13.9. The van der Waals surface area contributed by atoms with E-state index in [-0.39, 0.29) is 24.8 Å². The first-order valence-corrected chi connectivity index (χ1v) is 7.36. The predicted octanol–water partition coefficient (Wildman–Crippen LogP) is 3.40. The number of halogens is 2. The van der Waals surface area contributed by atoms with Gasteiger partial charge in [0.25, 0.3) is 0 Å². The largest absolute Gasteiger partial charge is 0.495 e. The number of hydrogen-bond donors (Lipinski definition) is 0. The molecule has 0 amide bonds. The van der Waals surface area contributed by atoms with E-state index in [0.29, 0.717) is 22.6 Å². The van der Waals surface area contributed by atoms with Crippen LogP contribution in [0.15, 0.2) is 36.4 Å². The second-order valence-corrected chi connectivity index (χ2v) is 4.79. The summed E-state index contributed by atoms with van der Waals surface area (Å²) in [7, 11) is 2.91. The molecule has 0 N–H and O–H groups in total. The number of methoxy groups -OCH3 is 2. The summed E-state index contributed by atoms with van der Waals surface area (Å²) in [6, 6.07) is 8.26. The number of ether oxygens (including phenoxy) is 3. The summed E-state index contributed by atoms with van der Waals surface area (Å²) >= 11 is 0. The van der Waals surface area contributed by atoms with E-state index in [1.807, 2.05) is 0 Å². The quantitative estimate of drug-likeness (QED) is 0.630. The minimum Gasteiger partial charge on any atom is -0.495 e. The highest BCUT2D eigenvalue weighted by Gasteiger charge is 2.02. The molecule has 0 fully saturated rings. The highest BCUT2D eigenvalue weighted by Crippen LogP contribution is 2.18. The van der Waals surface area contributed by atoms with Crippen LogP contribution in [0.3, 0.4) is 0 Å². The van der Waals surface area contributed by atoms with Crippen LogP contribution in [0.4, 0.5) is 8.78 Å². The van der Waals surface area contributed by atoms with Gasteiger partial charge in [-0.05, 0) is 24.3 Å². The topological polar surface area (TPSA) is 27.7 Å². The molecule has 0 bridgehead atoms. The standard InChI is InChI=1S/C20H16F2O3/c1-23-19-13-17(21)9-7-15(19)5-3-11-25-12-4-6-16-8-10-18(22)14-20(16)24-2/h7-10,13-14H,11-12H2,1-2H3. The molecular formula is C20H16F2O3. The van der Waals surface area contributed by atoms with Gasteiger partial charge in [0.1, 0.15) is 36.3 Å². The third-order valence-corrected chi connectivity index (χ3v) is 3.12. The first kappa shape index (κ1) is 18.3. The fraction of sp³-hybridized carbons (Fsp3) is 0.200. The summed E-state index contributed by atoms with van der Waals surface area (Å²) in [5.41, 5.74) is 1.16. The maximum Gasteiger partial charge on any atom is 0.137 e. The van der Waals surface area contributed by atoms with Crippen LogP contribution in [0.25, 0.3) is 0 Å². The molecule has 0 heterocycles. The van der Waals surface area contributed by atoms with Crippen molar-refractivity contribution in [2.24, 2.45) is 0 Å². The average molecular weight is 342 g/mol. The Hall–Kier alpha value is -3.02. The Morgan fingerprint density at radius 1 is 0.760 bits per heavy atom. The molecule has 2 aromatic carbocycles. The van der Waals surface area contributed by atoms with Crippen LogP contribution < -0.4 is 9.47 Å². The van der Waals surface area contributed by atoms with E-state index in [1.165, 1.54) is 38.5 Å². The molecule has 0 saturated carbocycles. The van der Waals surface area contributed by atoms with Gasteiger partial charge in [0.2, 0.25) is 0 Å². The van der Waals surface area contributed by atoms with E-state index in [9.17, 15) is 8.78 Å². The van der Waals surface area contributed by atoms with Crippen LogP contribution in [0.5, 0.6) is 11.5 Å². The van der Waals surface area contributed by atoms with Gasteiger partial charge in [-0.25, -0.2) is 8.78 Å². The fourth-order valence-corrected chi connectivity index (χ4v) is 1.95. The lowest BCUT2D eigenvalue weighted by Gasteiger charge is -2.02. The third-order valence-electron chi connectivity index (χ3n) is 3.12. The monoisotopic (exact) mass is 342 g/mol. The van der Waals surface area contributed by atoms with Gasteiger partial charge in [-0.1, -0.05) is 23.7 Å². The maximum atomic E-state index is 13.1. The van der Waals surface area contributed by atoms with E-state index in [1.54, 1.807) is 12.1 Å². The molecule has 5 heteroatoms. The van der Waals surface area contributed by atoms with Gasteiger partial charge in [-0.2, -0.15) is 0 Å². The van der Waals surface area contributed by atoms with E-state index in [0.717, 1.165) is 0 Å². The van der Waals surface area contributed by atoms with Crippen molar-refractivity contribution < 1.29 is 23.0 Å². The van der Waals surface area contributed by atoms with E-state index in [2.05, 4.69) is 23.7 Å². The molecule has 25 heavy (non-hydrogen) atoms. The van der Waals surface area contributed by atoms with Crippen molar-refractivity contribution in [1.29, 1.82) is 0 Å². The minimum absolute atomic E-state index is 0.162. The molecule has 0 atom stereocenters. The van der Waals surface area contributed by atoms with Gasteiger partial charge in [-0.15, -0.1) is 0 Å². The Labute approximate surface area is 145 Å². The molecule has 0 saturated heterocycles. The van der Waals surface area contributed by atoms with Crippen LogP contribution >= 0.6 is 0 Å². The lowest BCUT2D eigenvalue weighted by molar-refractivity contribution is 0.204. The Morgan fingerprint density at radius 3 is 1.60 bits per heavy atom. The minimum atomic E-state index is -0.384. The van der Waals surface area contributed by atoms with Crippen LogP contribution in [-0.4, -0.2) is 27.4 Å². The zero-order chi connectivity index (χ0) is 18.1. The third kappa shape index (κ3) is 5.53. The summed E-state index contributed by atoms with van der Waals surface area (Å²) in [4.78, 5) is 0. The van der Waals surface area contributed by atoms with Crippen LogP contribution in [0.2, 0.25) is 0 Å². The second-order valence-electron chi connectivity index (χ2n) is 4.79. The van der Waals surface area contributed by atoms with Gasteiger partial charge >= 0.3 is 0 Å². The second kappa shape index (κ2) is 9.32. The molecule has 0 spiro atoms. The average Bonchev–Trinajstić information content (AvgIpc) is 2.62. The number of hydrogen-bond acceptors (Lipinski definition) is 3. The van der Waals surface area contributed by atoms with Gasteiger partial charge in [0.05, 0.1) is 25.3 Å². The van der Waals surface area contributed by atoms with E-state index < -0.39 is 0 Å². The van der Waals surface area contributed by atoms with Gasteiger partial charge in [0.15, 0.2) is 0 Å². The van der Waals surface area contributed by atoms with Crippen molar-refractivity contribution in [3.63, 3.8) is 0 Å². The SMILES string of the molecule is COc1cc(F)ccc1C#CCOCC#Cc1ccc(F)cc1OC. The lowest BCUT2D eigenvalue weighted by atomic mass is 10.2. The molecule has 0 unspecified atom stereocenters. The Kier molecular flexibility index (Phi) is 6.83. The smallest absolute Gasteiger partial charge is 0.137 e. The normalized spacial score (nSPS) is 9.44. The molecule has 0 aliphatic carbocycles. The molecule has 0 radical (unpaired) electrons. The Balaban J connectivity index is 1.88. The molecule has 128 valence electrons. The summed E-state index contributed by atoms with van der Waals surface area (Å²) in [5.74, 6) is 11.3. The van der Waals surface area contributed by atoms with Crippen molar-refractivity contribution in [1.82, 2.24) is 0 Å². The molecule has 2 aromatic rings. The van der Waals surface area contributed by atoms with Crippen LogP contribution in [0, 0.1) is 35.3 Å². The summed E-state index contributed by atoms with van der Waals surface area (Å²) in [6.45, 7) is 0.325. The Morgan fingerprint density at radius 2 is 1.20 bits per heavy atom. The molecule has 2 rings (SSSR count). The molecule has 3 nitrogen and oxygen atoms in total. The first-order valence-electron chi connectivity index (χ1n) is 7.36. The maximum absolute atomic E-state index is 13.1. The highest BCUT2D eigenvalue weighted by molar-refractivity contribution is 5.47. The van der Waals surface area contributed by atoms with Crippen molar-refractivity contribution in [2.75, 3.05) is 27.4 Å². The highest BCUT2D eigenvalue weighted by atomic mass is 19.1. The molecule has 0 aliphatic rings. The van der Waals surface area contributed by atoms with Crippen LogP contribution in [0.1, 0.15) is 11.1 Å². The predicted molar refractivity (Wildman–Crippen MR) is 90.5 cm³/mol. The summed E-state index contributed by atoms with van der Waals surface area (Å²) in [6.07, 6.45) is 0. The first-order chi connectivity index (χ1) is 12.1.